The van der Waals surface area contributed by atoms with E-state index in [0.29, 0.717) is 19.5 Å². The van der Waals surface area contributed by atoms with Gasteiger partial charge in [0.2, 0.25) is 5.91 Å². The van der Waals surface area contributed by atoms with Crippen molar-refractivity contribution in [2.45, 2.75) is 26.4 Å². The quantitative estimate of drug-likeness (QED) is 0.895. The van der Waals surface area contributed by atoms with Gasteiger partial charge in [-0.05, 0) is 30.2 Å². The molecular formula is C14H16FN3O. The van der Waals surface area contributed by atoms with Crippen molar-refractivity contribution >= 4 is 5.91 Å². The van der Waals surface area contributed by atoms with Crippen molar-refractivity contribution in [2.24, 2.45) is 0 Å². The third-order valence-electron chi connectivity index (χ3n) is 2.73. The van der Waals surface area contributed by atoms with E-state index < -0.39 is 0 Å². The van der Waals surface area contributed by atoms with E-state index in [-0.39, 0.29) is 11.7 Å². The molecule has 0 fully saturated rings. The zero-order chi connectivity index (χ0) is 13.7. The molecule has 0 saturated heterocycles. The van der Waals surface area contributed by atoms with Crippen LogP contribution in [0.25, 0.3) is 0 Å². The van der Waals surface area contributed by atoms with Gasteiger partial charge in [-0.3, -0.25) is 9.48 Å². The molecule has 19 heavy (non-hydrogen) atoms. The van der Waals surface area contributed by atoms with Crippen molar-refractivity contribution in [1.29, 1.82) is 0 Å². The summed E-state index contributed by atoms with van der Waals surface area (Å²) in [6.45, 7) is 2.93. The normalized spacial score (nSPS) is 10.4. The first-order chi connectivity index (χ1) is 9.13. The molecule has 2 aromatic rings. The van der Waals surface area contributed by atoms with Gasteiger partial charge in [0.05, 0.1) is 6.20 Å². The van der Waals surface area contributed by atoms with Gasteiger partial charge in [0.25, 0.3) is 0 Å². The number of nitrogens with one attached hydrogen (secondary N) is 1. The van der Waals surface area contributed by atoms with E-state index in [4.69, 9.17) is 0 Å². The fourth-order valence-electron chi connectivity index (χ4n) is 1.70. The summed E-state index contributed by atoms with van der Waals surface area (Å²) < 4.78 is 14.4. The molecule has 1 heterocycles. The number of aryl methyl sites for hydroxylation is 2. The molecule has 1 N–H and O–H groups in total. The maximum Gasteiger partial charge on any atom is 0.222 e. The first kappa shape index (κ1) is 13.3. The third-order valence-corrected chi connectivity index (χ3v) is 2.73. The van der Waals surface area contributed by atoms with Crippen LogP contribution in [-0.4, -0.2) is 15.7 Å². The monoisotopic (exact) mass is 261 g/mol. The van der Waals surface area contributed by atoms with Gasteiger partial charge in [-0.2, -0.15) is 5.10 Å². The fraction of sp³-hybridized carbons (Fsp3) is 0.286. The van der Waals surface area contributed by atoms with Crippen molar-refractivity contribution in [1.82, 2.24) is 15.1 Å². The van der Waals surface area contributed by atoms with Crippen molar-refractivity contribution in [3.8, 4) is 0 Å². The maximum atomic E-state index is 12.7. The summed E-state index contributed by atoms with van der Waals surface area (Å²) in [7, 11) is 0. The van der Waals surface area contributed by atoms with E-state index >= 15 is 0 Å². The molecule has 0 aliphatic carbocycles. The molecule has 0 atom stereocenters. The zero-order valence-corrected chi connectivity index (χ0v) is 10.8. The van der Waals surface area contributed by atoms with Gasteiger partial charge in [-0.15, -0.1) is 0 Å². The maximum absolute atomic E-state index is 12.7. The van der Waals surface area contributed by atoms with Gasteiger partial charge in [-0.25, -0.2) is 4.39 Å². The Bertz CT molecular complexity index is 548. The molecule has 1 amide bonds. The van der Waals surface area contributed by atoms with Crippen LogP contribution in [0.1, 0.15) is 17.5 Å². The van der Waals surface area contributed by atoms with Crippen LogP contribution in [0.5, 0.6) is 0 Å². The van der Waals surface area contributed by atoms with Crippen molar-refractivity contribution in [3.05, 3.63) is 53.6 Å². The lowest BCUT2D eigenvalue weighted by Crippen LogP contribution is -2.24. The Balaban J connectivity index is 1.74. The number of nitrogens with zero attached hydrogens (tertiary/aromatic N) is 2. The topological polar surface area (TPSA) is 46.9 Å². The van der Waals surface area contributed by atoms with Crippen LogP contribution < -0.4 is 5.32 Å². The van der Waals surface area contributed by atoms with Gasteiger partial charge in [0, 0.05) is 25.7 Å². The average Bonchev–Trinajstić information content (AvgIpc) is 2.81. The van der Waals surface area contributed by atoms with Crippen molar-refractivity contribution in [3.63, 3.8) is 0 Å². The molecule has 0 saturated carbocycles. The van der Waals surface area contributed by atoms with Gasteiger partial charge < -0.3 is 5.32 Å². The fourth-order valence-corrected chi connectivity index (χ4v) is 1.70. The van der Waals surface area contributed by atoms with Gasteiger partial charge in [0.15, 0.2) is 0 Å². The molecular weight excluding hydrogens is 245 g/mol. The SMILES string of the molecule is Cc1cnn(CCC(=O)NCc2ccc(F)cc2)c1. The first-order valence-corrected chi connectivity index (χ1v) is 6.14. The van der Waals surface area contributed by atoms with E-state index in [1.165, 1.54) is 12.1 Å². The van der Waals surface area contributed by atoms with Crippen LogP contribution in [0.15, 0.2) is 36.7 Å². The summed E-state index contributed by atoms with van der Waals surface area (Å²) >= 11 is 0. The molecule has 5 heteroatoms. The van der Waals surface area contributed by atoms with E-state index in [1.54, 1.807) is 23.0 Å². The minimum Gasteiger partial charge on any atom is -0.352 e. The molecule has 0 radical (unpaired) electrons. The van der Waals surface area contributed by atoms with E-state index in [9.17, 15) is 9.18 Å². The standard InChI is InChI=1S/C14H16FN3O/c1-11-8-17-18(10-11)7-6-14(19)16-9-12-2-4-13(15)5-3-12/h2-5,8,10H,6-7,9H2,1H3,(H,16,19). The number of hydrogen-bond acceptors (Lipinski definition) is 2. The molecule has 2 rings (SSSR count). The lowest BCUT2D eigenvalue weighted by Gasteiger charge is -2.05. The highest BCUT2D eigenvalue weighted by atomic mass is 19.1. The average molecular weight is 261 g/mol. The van der Waals surface area contributed by atoms with Gasteiger partial charge >= 0.3 is 0 Å². The summed E-state index contributed by atoms with van der Waals surface area (Å²) in [4.78, 5) is 11.6. The molecule has 0 bridgehead atoms. The van der Waals surface area contributed by atoms with Crippen LogP contribution in [0.3, 0.4) is 0 Å². The first-order valence-electron chi connectivity index (χ1n) is 6.14. The highest BCUT2D eigenvalue weighted by Crippen LogP contribution is 2.02. The molecule has 1 aromatic heterocycles. The second kappa shape index (κ2) is 6.13. The van der Waals surface area contributed by atoms with E-state index in [2.05, 4.69) is 10.4 Å². The second-order valence-electron chi connectivity index (χ2n) is 4.43. The van der Waals surface area contributed by atoms with Crippen LogP contribution in [0.2, 0.25) is 0 Å². The molecule has 4 nitrogen and oxygen atoms in total. The molecule has 100 valence electrons. The predicted molar refractivity (Wildman–Crippen MR) is 69.8 cm³/mol. The molecule has 0 aliphatic heterocycles. The molecule has 0 aliphatic rings. The Morgan fingerprint density at radius 2 is 2.11 bits per heavy atom. The second-order valence-corrected chi connectivity index (χ2v) is 4.43. The van der Waals surface area contributed by atoms with Crippen molar-refractivity contribution < 1.29 is 9.18 Å². The van der Waals surface area contributed by atoms with E-state index in [0.717, 1.165) is 11.1 Å². The molecule has 0 unspecified atom stereocenters. The number of carbonyl (C=O) groups is 1. The van der Waals surface area contributed by atoms with Crippen molar-refractivity contribution in [2.75, 3.05) is 0 Å². The lowest BCUT2D eigenvalue weighted by atomic mass is 10.2. The Morgan fingerprint density at radius 3 is 2.74 bits per heavy atom. The number of rotatable bonds is 5. The van der Waals surface area contributed by atoms with Crippen LogP contribution in [0, 0.1) is 12.7 Å². The van der Waals surface area contributed by atoms with Crippen LogP contribution in [-0.2, 0) is 17.9 Å². The van der Waals surface area contributed by atoms with Crippen LogP contribution in [0.4, 0.5) is 4.39 Å². The number of amides is 1. The Kier molecular flexibility index (Phi) is 4.28. The van der Waals surface area contributed by atoms with Crippen LogP contribution >= 0.6 is 0 Å². The minimum absolute atomic E-state index is 0.0440. The highest BCUT2D eigenvalue weighted by Gasteiger charge is 2.03. The molecule has 1 aromatic carbocycles. The predicted octanol–water partition coefficient (Wildman–Crippen LogP) is 2.04. The highest BCUT2D eigenvalue weighted by molar-refractivity contribution is 5.75. The largest absolute Gasteiger partial charge is 0.352 e. The summed E-state index contributed by atoms with van der Waals surface area (Å²) in [6.07, 6.45) is 4.03. The molecule has 0 spiro atoms. The van der Waals surface area contributed by atoms with Gasteiger partial charge in [-0.1, -0.05) is 12.1 Å². The number of benzene rings is 1. The minimum atomic E-state index is -0.274. The Labute approximate surface area is 111 Å². The number of aromatic nitrogens is 2. The number of carbonyl (C=O) groups excluding carboxylic acids is 1. The van der Waals surface area contributed by atoms with Gasteiger partial charge in [0.1, 0.15) is 5.82 Å². The smallest absolute Gasteiger partial charge is 0.222 e. The van der Waals surface area contributed by atoms with E-state index in [1.807, 2.05) is 13.1 Å². The summed E-state index contributed by atoms with van der Waals surface area (Å²) in [5, 5.41) is 6.90. The Hall–Kier alpha value is -2.17. The number of hydrogen-bond donors (Lipinski definition) is 1. The Morgan fingerprint density at radius 1 is 1.37 bits per heavy atom. The summed E-state index contributed by atoms with van der Waals surface area (Å²) in [6, 6.07) is 6.08. The zero-order valence-electron chi connectivity index (χ0n) is 10.8. The third kappa shape index (κ3) is 4.21. The lowest BCUT2D eigenvalue weighted by molar-refractivity contribution is -0.121. The summed E-state index contributed by atoms with van der Waals surface area (Å²) in [5.74, 6) is -0.318. The number of halogens is 1. The summed E-state index contributed by atoms with van der Waals surface area (Å²) in [5.41, 5.74) is 1.96.